The van der Waals surface area contributed by atoms with E-state index in [1.54, 1.807) is 0 Å². The zero-order valence-electron chi connectivity index (χ0n) is 14.1. The molecule has 1 aromatic rings. The van der Waals surface area contributed by atoms with E-state index in [0.29, 0.717) is 13.2 Å². The predicted molar refractivity (Wildman–Crippen MR) is 92.7 cm³/mol. The quantitative estimate of drug-likeness (QED) is 0.903. The Morgan fingerprint density at radius 3 is 2.65 bits per heavy atom. The second-order valence-electron chi connectivity index (χ2n) is 6.83. The van der Waals surface area contributed by atoms with E-state index >= 15 is 0 Å². The van der Waals surface area contributed by atoms with Gasteiger partial charge in [0, 0.05) is 12.2 Å². The van der Waals surface area contributed by atoms with Gasteiger partial charge in [0.1, 0.15) is 5.75 Å². The third-order valence-electron chi connectivity index (χ3n) is 5.19. The molecule has 1 N–H and O–H groups in total. The SMILES string of the molecule is CCOc1ccc(NC(=O)CN2CC[C@H]3CCCC[C@@H]3C2)cc1. The van der Waals surface area contributed by atoms with Gasteiger partial charge < -0.3 is 10.1 Å². The molecule has 2 aliphatic rings. The van der Waals surface area contributed by atoms with Crippen LogP contribution < -0.4 is 10.1 Å². The maximum Gasteiger partial charge on any atom is 0.238 e. The fraction of sp³-hybridized carbons (Fsp3) is 0.632. The summed E-state index contributed by atoms with van der Waals surface area (Å²) < 4.78 is 5.42. The summed E-state index contributed by atoms with van der Waals surface area (Å²) in [5.74, 6) is 2.65. The molecule has 23 heavy (non-hydrogen) atoms. The zero-order chi connectivity index (χ0) is 16.1. The molecular formula is C19H28N2O2. The van der Waals surface area contributed by atoms with Crippen molar-refractivity contribution in [3.63, 3.8) is 0 Å². The van der Waals surface area contributed by atoms with E-state index in [1.165, 1.54) is 32.1 Å². The summed E-state index contributed by atoms with van der Waals surface area (Å²) in [6.07, 6.45) is 6.78. The Bertz CT molecular complexity index is 515. The van der Waals surface area contributed by atoms with Gasteiger partial charge in [-0.2, -0.15) is 0 Å². The first kappa shape index (κ1) is 16.3. The predicted octanol–water partition coefficient (Wildman–Crippen LogP) is 3.54. The first-order valence-electron chi connectivity index (χ1n) is 8.99. The summed E-state index contributed by atoms with van der Waals surface area (Å²) in [5, 5.41) is 2.99. The Labute approximate surface area is 139 Å². The largest absolute Gasteiger partial charge is 0.494 e. The van der Waals surface area contributed by atoms with Gasteiger partial charge in [-0.3, -0.25) is 9.69 Å². The topological polar surface area (TPSA) is 41.6 Å². The van der Waals surface area contributed by atoms with Crippen molar-refractivity contribution in [1.29, 1.82) is 0 Å². The van der Waals surface area contributed by atoms with Crippen molar-refractivity contribution < 1.29 is 9.53 Å². The maximum absolute atomic E-state index is 12.3. The number of likely N-dealkylation sites (tertiary alicyclic amines) is 1. The van der Waals surface area contributed by atoms with E-state index in [4.69, 9.17) is 4.74 Å². The number of amides is 1. The molecule has 126 valence electrons. The number of hydrogen-bond acceptors (Lipinski definition) is 3. The molecule has 0 radical (unpaired) electrons. The lowest BCUT2D eigenvalue weighted by molar-refractivity contribution is -0.118. The van der Waals surface area contributed by atoms with Crippen LogP contribution in [0.2, 0.25) is 0 Å². The summed E-state index contributed by atoms with van der Waals surface area (Å²) in [7, 11) is 0. The standard InChI is InChI=1S/C19H28N2O2/c1-2-23-18-9-7-17(8-10-18)20-19(22)14-21-12-11-15-5-3-4-6-16(15)13-21/h7-10,15-16H,2-6,11-14H2,1H3,(H,20,22)/t15-,16-/m1/s1. The van der Waals surface area contributed by atoms with Gasteiger partial charge in [0.2, 0.25) is 5.91 Å². The third-order valence-corrected chi connectivity index (χ3v) is 5.19. The first-order chi connectivity index (χ1) is 11.2. The number of nitrogens with one attached hydrogen (secondary N) is 1. The van der Waals surface area contributed by atoms with Gasteiger partial charge >= 0.3 is 0 Å². The molecule has 1 aliphatic carbocycles. The van der Waals surface area contributed by atoms with Crippen LogP contribution in [0.25, 0.3) is 0 Å². The van der Waals surface area contributed by atoms with Crippen molar-refractivity contribution in [1.82, 2.24) is 4.90 Å². The number of anilines is 1. The Morgan fingerprint density at radius 2 is 1.91 bits per heavy atom. The minimum atomic E-state index is 0.0865. The third kappa shape index (κ3) is 4.47. The van der Waals surface area contributed by atoms with Gasteiger partial charge in [-0.15, -0.1) is 0 Å². The summed E-state index contributed by atoms with van der Waals surface area (Å²) in [6, 6.07) is 7.59. The molecule has 1 aromatic carbocycles. The van der Waals surface area contributed by atoms with E-state index in [1.807, 2.05) is 31.2 Å². The Hall–Kier alpha value is -1.55. The van der Waals surface area contributed by atoms with Crippen LogP contribution in [0, 0.1) is 11.8 Å². The number of piperidine rings is 1. The van der Waals surface area contributed by atoms with Gasteiger partial charge in [0.05, 0.1) is 13.2 Å². The molecule has 1 saturated heterocycles. The number of nitrogens with zero attached hydrogens (tertiary/aromatic N) is 1. The number of rotatable bonds is 5. The monoisotopic (exact) mass is 316 g/mol. The molecule has 4 heteroatoms. The van der Waals surface area contributed by atoms with Crippen LogP contribution in [-0.2, 0) is 4.79 Å². The minimum absolute atomic E-state index is 0.0865. The summed E-state index contributed by atoms with van der Waals surface area (Å²) >= 11 is 0. The number of carbonyl (C=O) groups is 1. The van der Waals surface area contributed by atoms with Crippen molar-refractivity contribution in [3.8, 4) is 5.75 Å². The first-order valence-corrected chi connectivity index (χ1v) is 8.99. The minimum Gasteiger partial charge on any atom is -0.494 e. The molecule has 2 atom stereocenters. The van der Waals surface area contributed by atoms with Gasteiger partial charge in [-0.05, 0) is 62.4 Å². The lowest BCUT2D eigenvalue weighted by Crippen LogP contribution is -2.44. The molecule has 4 nitrogen and oxygen atoms in total. The second kappa shape index (κ2) is 7.82. The van der Waals surface area contributed by atoms with Gasteiger partial charge in [0.25, 0.3) is 0 Å². The summed E-state index contributed by atoms with van der Waals surface area (Å²) in [5.41, 5.74) is 0.839. The highest BCUT2D eigenvalue weighted by Gasteiger charge is 2.31. The molecule has 0 unspecified atom stereocenters. The molecular weight excluding hydrogens is 288 g/mol. The van der Waals surface area contributed by atoms with E-state index in [9.17, 15) is 4.79 Å². The Kier molecular flexibility index (Phi) is 5.55. The van der Waals surface area contributed by atoms with E-state index in [2.05, 4.69) is 10.2 Å². The van der Waals surface area contributed by atoms with Crippen LogP contribution in [-0.4, -0.2) is 37.0 Å². The van der Waals surface area contributed by atoms with E-state index in [-0.39, 0.29) is 5.91 Å². The molecule has 2 fully saturated rings. The van der Waals surface area contributed by atoms with Crippen LogP contribution >= 0.6 is 0 Å². The van der Waals surface area contributed by atoms with Crippen LogP contribution in [0.1, 0.15) is 39.0 Å². The normalized spacial score (nSPS) is 24.7. The lowest BCUT2D eigenvalue weighted by Gasteiger charge is -2.41. The van der Waals surface area contributed by atoms with Gasteiger partial charge in [-0.25, -0.2) is 0 Å². The fourth-order valence-electron chi connectivity index (χ4n) is 4.02. The highest BCUT2D eigenvalue weighted by molar-refractivity contribution is 5.92. The maximum atomic E-state index is 12.3. The van der Waals surface area contributed by atoms with Gasteiger partial charge in [-0.1, -0.05) is 19.3 Å². The van der Waals surface area contributed by atoms with Crippen LogP contribution in [0.3, 0.4) is 0 Å². The highest BCUT2D eigenvalue weighted by Crippen LogP contribution is 2.35. The molecule has 1 amide bonds. The van der Waals surface area contributed by atoms with Crippen LogP contribution in [0.4, 0.5) is 5.69 Å². The van der Waals surface area contributed by atoms with Crippen molar-refractivity contribution in [2.24, 2.45) is 11.8 Å². The number of benzene rings is 1. The Balaban J connectivity index is 1.47. The zero-order valence-corrected chi connectivity index (χ0v) is 14.1. The summed E-state index contributed by atoms with van der Waals surface area (Å²) in [4.78, 5) is 14.6. The lowest BCUT2D eigenvalue weighted by atomic mass is 9.75. The number of ether oxygens (including phenoxy) is 1. The van der Waals surface area contributed by atoms with E-state index in [0.717, 1.165) is 36.4 Å². The fourth-order valence-corrected chi connectivity index (χ4v) is 4.02. The van der Waals surface area contributed by atoms with E-state index < -0.39 is 0 Å². The second-order valence-corrected chi connectivity index (χ2v) is 6.83. The van der Waals surface area contributed by atoms with Crippen molar-refractivity contribution >= 4 is 11.6 Å². The molecule has 1 heterocycles. The molecule has 0 aromatic heterocycles. The van der Waals surface area contributed by atoms with Gasteiger partial charge in [0.15, 0.2) is 0 Å². The highest BCUT2D eigenvalue weighted by atomic mass is 16.5. The smallest absolute Gasteiger partial charge is 0.238 e. The molecule has 1 saturated carbocycles. The summed E-state index contributed by atoms with van der Waals surface area (Å²) in [6.45, 7) is 5.30. The Morgan fingerprint density at radius 1 is 1.17 bits per heavy atom. The average molecular weight is 316 g/mol. The molecule has 1 aliphatic heterocycles. The average Bonchev–Trinajstić information content (AvgIpc) is 2.57. The van der Waals surface area contributed by atoms with Crippen LogP contribution in [0.15, 0.2) is 24.3 Å². The molecule has 0 bridgehead atoms. The number of hydrogen-bond donors (Lipinski definition) is 1. The van der Waals surface area contributed by atoms with Crippen molar-refractivity contribution in [3.05, 3.63) is 24.3 Å². The van der Waals surface area contributed by atoms with Crippen LogP contribution in [0.5, 0.6) is 5.75 Å². The number of carbonyl (C=O) groups excluding carboxylic acids is 1. The van der Waals surface area contributed by atoms with Crippen molar-refractivity contribution in [2.45, 2.75) is 39.0 Å². The number of fused-ring (bicyclic) bond motifs is 1. The molecule has 0 spiro atoms. The van der Waals surface area contributed by atoms with Crippen molar-refractivity contribution in [2.75, 3.05) is 31.6 Å². The molecule has 3 rings (SSSR count).